The largest absolute Gasteiger partial charge is 0.383 e. The summed E-state index contributed by atoms with van der Waals surface area (Å²) in [7, 11) is 0. The van der Waals surface area contributed by atoms with Crippen LogP contribution in [0.25, 0.3) is 11.0 Å². The molecule has 0 unspecified atom stereocenters. The number of aromatic nitrogens is 3. The van der Waals surface area contributed by atoms with Gasteiger partial charge in [-0.05, 0) is 33.8 Å². The minimum atomic E-state index is -0.719. The predicted molar refractivity (Wildman–Crippen MR) is 98.5 cm³/mol. The molecular formula is C18H25N5O4. The first-order valence-electron chi connectivity index (χ1n) is 8.94. The average Bonchev–Trinajstić information content (AvgIpc) is 3.25. The second-order valence-corrected chi connectivity index (χ2v) is 7.91. The zero-order valence-electron chi connectivity index (χ0n) is 15.9. The summed E-state index contributed by atoms with van der Waals surface area (Å²) in [6, 6.07) is 1.87. The first kappa shape index (κ1) is 18.3. The van der Waals surface area contributed by atoms with Gasteiger partial charge in [-0.15, -0.1) is 0 Å². The monoisotopic (exact) mass is 375 g/mol. The van der Waals surface area contributed by atoms with Crippen molar-refractivity contribution in [1.82, 2.24) is 14.5 Å². The lowest BCUT2D eigenvalue weighted by Gasteiger charge is -2.27. The van der Waals surface area contributed by atoms with Gasteiger partial charge in [0.05, 0.1) is 17.6 Å². The van der Waals surface area contributed by atoms with Crippen LogP contribution < -0.4 is 5.73 Å². The van der Waals surface area contributed by atoms with Gasteiger partial charge >= 0.3 is 0 Å². The summed E-state index contributed by atoms with van der Waals surface area (Å²) in [5.74, 6) is -0.297. The fourth-order valence-electron chi connectivity index (χ4n) is 3.55. The van der Waals surface area contributed by atoms with Crippen LogP contribution in [0.1, 0.15) is 33.9 Å². The van der Waals surface area contributed by atoms with Crippen molar-refractivity contribution < 1.29 is 18.9 Å². The van der Waals surface area contributed by atoms with Crippen LogP contribution in [0.15, 0.2) is 18.6 Å². The lowest BCUT2D eigenvalue weighted by atomic mass is 10.1. The second-order valence-electron chi connectivity index (χ2n) is 7.91. The molecule has 2 saturated heterocycles. The Labute approximate surface area is 157 Å². The Morgan fingerprint density at radius 2 is 2.07 bits per heavy atom. The van der Waals surface area contributed by atoms with E-state index in [9.17, 15) is 0 Å². The summed E-state index contributed by atoms with van der Waals surface area (Å²) in [5.41, 5.74) is 5.96. The molecule has 0 saturated carbocycles. The number of nitrogens with one attached hydrogen (secondary N) is 1. The van der Waals surface area contributed by atoms with Crippen LogP contribution in [0.5, 0.6) is 0 Å². The Bertz CT molecular complexity index is 865. The van der Waals surface area contributed by atoms with E-state index in [1.165, 1.54) is 12.5 Å². The van der Waals surface area contributed by atoms with Gasteiger partial charge in [-0.2, -0.15) is 0 Å². The number of hydrogen-bond acceptors (Lipinski definition) is 8. The number of rotatable bonds is 5. The fourth-order valence-corrected chi connectivity index (χ4v) is 3.55. The number of nitrogens with two attached hydrogens (primary N) is 1. The van der Waals surface area contributed by atoms with Gasteiger partial charge in [0.25, 0.3) is 0 Å². The van der Waals surface area contributed by atoms with Crippen molar-refractivity contribution in [2.45, 2.75) is 63.6 Å². The maximum absolute atomic E-state index is 7.48. The number of fused-ring (bicyclic) bond motifs is 2. The Morgan fingerprint density at radius 1 is 1.33 bits per heavy atom. The average molecular weight is 375 g/mol. The Kier molecular flexibility index (Phi) is 4.22. The van der Waals surface area contributed by atoms with Gasteiger partial charge in [-0.3, -0.25) is 0 Å². The van der Waals surface area contributed by atoms with E-state index in [-0.39, 0.29) is 24.9 Å². The molecule has 0 amide bonds. The van der Waals surface area contributed by atoms with Gasteiger partial charge in [0.1, 0.15) is 36.1 Å². The van der Waals surface area contributed by atoms with Crippen molar-refractivity contribution >= 4 is 23.1 Å². The van der Waals surface area contributed by atoms with Gasteiger partial charge in [-0.1, -0.05) is 0 Å². The van der Waals surface area contributed by atoms with Crippen molar-refractivity contribution in [3.8, 4) is 0 Å². The fraction of sp³-hybridized carbons (Fsp3) is 0.611. The summed E-state index contributed by atoms with van der Waals surface area (Å²) < 4.78 is 26.2. The summed E-state index contributed by atoms with van der Waals surface area (Å²) in [6.45, 7) is 7.72. The highest BCUT2D eigenvalue weighted by Crippen LogP contribution is 2.44. The molecule has 0 aromatic carbocycles. The van der Waals surface area contributed by atoms with Crippen LogP contribution in [0.3, 0.4) is 0 Å². The topological polar surface area (TPSA) is 118 Å². The van der Waals surface area contributed by atoms with E-state index in [1.54, 1.807) is 0 Å². The first-order chi connectivity index (χ1) is 12.7. The van der Waals surface area contributed by atoms with Crippen LogP contribution in [-0.4, -0.2) is 57.1 Å². The molecule has 0 bridgehead atoms. The Hall–Kier alpha value is -2.07. The molecule has 2 aromatic heterocycles. The third-order valence-corrected chi connectivity index (χ3v) is 4.91. The predicted octanol–water partition coefficient (Wildman–Crippen LogP) is 1.88. The van der Waals surface area contributed by atoms with Gasteiger partial charge in [0, 0.05) is 12.4 Å². The van der Waals surface area contributed by atoms with E-state index < -0.39 is 17.6 Å². The molecule has 3 N–H and O–H groups in total. The Morgan fingerprint density at radius 3 is 2.81 bits per heavy atom. The molecule has 146 valence electrons. The quantitative estimate of drug-likeness (QED) is 0.766. The number of anilines is 1. The Balaban J connectivity index is 1.64. The SMILES string of the molecule is CC(C)(C=N)OC[C@H]1O[C@@H](n2ccc3c(N)ncnc32)[C@@H]2OC(C)(C)O[C@@H]21. The van der Waals surface area contributed by atoms with Crippen molar-refractivity contribution in [2.24, 2.45) is 0 Å². The zero-order chi connectivity index (χ0) is 19.4. The first-order valence-corrected chi connectivity index (χ1v) is 8.94. The highest BCUT2D eigenvalue weighted by atomic mass is 16.8. The van der Waals surface area contributed by atoms with Gasteiger partial charge < -0.3 is 34.7 Å². The molecule has 27 heavy (non-hydrogen) atoms. The van der Waals surface area contributed by atoms with Crippen molar-refractivity contribution in [3.05, 3.63) is 18.6 Å². The molecule has 9 nitrogen and oxygen atoms in total. The second kappa shape index (κ2) is 6.23. The minimum Gasteiger partial charge on any atom is -0.383 e. The van der Waals surface area contributed by atoms with Gasteiger partial charge in [-0.25, -0.2) is 9.97 Å². The molecule has 4 heterocycles. The standard InChI is InChI=1S/C18H25N5O4/c1-17(2,8-19)24-7-11-12-13(27-18(3,4)26-12)16(25-11)23-6-5-10-14(20)21-9-22-15(10)23/h5-6,8-9,11-13,16,19H,7H2,1-4H3,(H2,20,21,22)/t11-,12-,13-,16-/m1/s1. The number of ether oxygens (including phenoxy) is 4. The van der Waals surface area contributed by atoms with Gasteiger partial charge in [0.15, 0.2) is 12.0 Å². The third kappa shape index (κ3) is 3.20. The van der Waals surface area contributed by atoms with E-state index in [1.807, 2.05) is 44.5 Å². The normalized spacial score (nSPS) is 29.9. The van der Waals surface area contributed by atoms with Crippen LogP contribution in [0.4, 0.5) is 5.82 Å². The molecule has 0 aliphatic carbocycles. The van der Waals surface area contributed by atoms with Crippen LogP contribution in [-0.2, 0) is 18.9 Å². The van der Waals surface area contributed by atoms with E-state index in [4.69, 9.17) is 30.1 Å². The molecule has 2 aromatic rings. The van der Waals surface area contributed by atoms with Crippen molar-refractivity contribution in [3.63, 3.8) is 0 Å². The molecular weight excluding hydrogens is 350 g/mol. The summed E-state index contributed by atoms with van der Waals surface area (Å²) >= 11 is 0. The number of nitrogen functional groups attached to an aromatic ring is 1. The molecule has 0 radical (unpaired) electrons. The van der Waals surface area contributed by atoms with Gasteiger partial charge in [0.2, 0.25) is 0 Å². The van der Waals surface area contributed by atoms with Crippen molar-refractivity contribution in [2.75, 3.05) is 12.3 Å². The number of nitrogens with zero attached hydrogens (tertiary/aromatic N) is 3. The summed E-state index contributed by atoms with van der Waals surface area (Å²) in [5, 5.41) is 8.24. The zero-order valence-corrected chi connectivity index (χ0v) is 15.9. The summed E-state index contributed by atoms with van der Waals surface area (Å²) in [6.07, 6.45) is 3.21. The van der Waals surface area contributed by atoms with Crippen molar-refractivity contribution in [1.29, 1.82) is 5.41 Å². The van der Waals surface area contributed by atoms with E-state index in [0.29, 0.717) is 11.5 Å². The molecule has 2 aliphatic rings. The van der Waals surface area contributed by atoms with E-state index >= 15 is 0 Å². The highest BCUT2D eigenvalue weighted by molar-refractivity contribution is 5.86. The lowest BCUT2D eigenvalue weighted by Crippen LogP contribution is -2.37. The molecule has 2 aliphatic heterocycles. The molecule has 4 atom stereocenters. The smallest absolute Gasteiger partial charge is 0.164 e. The lowest BCUT2D eigenvalue weighted by molar-refractivity contribution is -0.203. The van der Waals surface area contributed by atoms with Crippen LogP contribution in [0, 0.1) is 5.41 Å². The van der Waals surface area contributed by atoms with Crippen LogP contribution >= 0.6 is 0 Å². The van der Waals surface area contributed by atoms with E-state index in [2.05, 4.69) is 9.97 Å². The maximum atomic E-state index is 7.48. The number of hydrogen-bond donors (Lipinski definition) is 2. The van der Waals surface area contributed by atoms with E-state index in [0.717, 1.165) is 5.39 Å². The third-order valence-electron chi connectivity index (χ3n) is 4.91. The van der Waals surface area contributed by atoms with Crippen LogP contribution in [0.2, 0.25) is 0 Å². The molecule has 4 rings (SSSR count). The molecule has 9 heteroatoms. The minimum absolute atomic E-state index is 0.288. The summed E-state index contributed by atoms with van der Waals surface area (Å²) in [4.78, 5) is 8.39. The highest BCUT2D eigenvalue weighted by Gasteiger charge is 2.56. The maximum Gasteiger partial charge on any atom is 0.164 e. The molecule has 0 spiro atoms. The molecule has 2 fully saturated rings.